The van der Waals surface area contributed by atoms with Crippen LogP contribution in [0.1, 0.15) is 44.8 Å². The van der Waals surface area contributed by atoms with E-state index in [4.69, 9.17) is 14.6 Å². The lowest BCUT2D eigenvalue weighted by Crippen LogP contribution is -2.51. The molecule has 1 fully saturated rings. The zero-order valence-electron chi connectivity index (χ0n) is 23.1. The number of fused-ring (bicyclic) bond motifs is 2. The van der Waals surface area contributed by atoms with Crippen molar-refractivity contribution < 1.29 is 23.5 Å². The molecular formula is C30H31FN6O4. The molecule has 1 N–H and O–H groups in total. The van der Waals surface area contributed by atoms with Crippen LogP contribution in [0.2, 0.25) is 0 Å². The topological polar surface area (TPSA) is 101 Å². The number of amides is 1. The van der Waals surface area contributed by atoms with Gasteiger partial charge < -0.3 is 24.6 Å². The Bertz CT molecular complexity index is 1620. The fourth-order valence-electron chi connectivity index (χ4n) is 5.60. The van der Waals surface area contributed by atoms with Crippen LogP contribution in [0.5, 0.6) is 5.75 Å². The minimum Gasteiger partial charge on any atom is -0.497 e. The Morgan fingerprint density at radius 1 is 1.20 bits per heavy atom. The maximum Gasteiger partial charge on any atom is 0.271 e. The highest BCUT2D eigenvalue weighted by atomic mass is 19.1. The maximum atomic E-state index is 14.5. The molecule has 0 unspecified atom stereocenters. The third-order valence-corrected chi connectivity index (χ3v) is 7.99. The highest BCUT2D eigenvalue weighted by Crippen LogP contribution is 2.38. The predicted octanol–water partition coefficient (Wildman–Crippen LogP) is 3.93. The third-order valence-electron chi connectivity index (χ3n) is 7.99. The van der Waals surface area contributed by atoms with E-state index in [-0.39, 0.29) is 23.7 Å². The summed E-state index contributed by atoms with van der Waals surface area (Å²) in [4.78, 5) is 33.5. The Morgan fingerprint density at radius 3 is 2.68 bits per heavy atom. The SMILES string of the molecule is COc1ccc(CN(C)c2cc(N3CCc4c(C=O)cc(F)cc43)nn3c(C(=O)N[C@@H]4CC[C@H]4OC)cnc23)cc1. The number of nitrogens with one attached hydrogen (secondary N) is 1. The number of halogens is 1. The van der Waals surface area contributed by atoms with Crippen LogP contribution in [0, 0.1) is 5.82 Å². The van der Waals surface area contributed by atoms with Gasteiger partial charge in [0.05, 0.1) is 31.1 Å². The number of ether oxygens (including phenoxy) is 2. The molecule has 0 saturated heterocycles. The van der Waals surface area contributed by atoms with Crippen LogP contribution in [0.4, 0.5) is 21.6 Å². The van der Waals surface area contributed by atoms with E-state index in [0.717, 1.165) is 35.4 Å². The van der Waals surface area contributed by atoms with E-state index in [9.17, 15) is 14.0 Å². The molecular weight excluding hydrogens is 527 g/mol. The summed E-state index contributed by atoms with van der Waals surface area (Å²) in [5.41, 5.74) is 4.28. The van der Waals surface area contributed by atoms with E-state index in [1.807, 2.05) is 47.2 Å². The van der Waals surface area contributed by atoms with Crippen LogP contribution >= 0.6 is 0 Å². The Morgan fingerprint density at radius 2 is 2.00 bits per heavy atom. The maximum absolute atomic E-state index is 14.5. The summed E-state index contributed by atoms with van der Waals surface area (Å²) in [6.07, 6.45) is 4.49. The first kappa shape index (κ1) is 26.7. The van der Waals surface area contributed by atoms with Gasteiger partial charge in [0.1, 0.15) is 11.6 Å². The summed E-state index contributed by atoms with van der Waals surface area (Å²) in [7, 11) is 5.21. The number of aromatic nitrogens is 3. The number of imidazole rings is 1. The van der Waals surface area contributed by atoms with Gasteiger partial charge >= 0.3 is 0 Å². The highest BCUT2D eigenvalue weighted by Gasteiger charge is 2.33. The number of nitrogens with zero attached hydrogens (tertiary/aromatic N) is 5. The van der Waals surface area contributed by atoms with Crippen LogP contribution in [0.3, 0.4) is 0 Å². The number of methoxy groups -OCH3 is 2. The van der Waals surface area contributed by atoms with Gasteiger partial charge in [0, 0.05) is 44.6 Å². The number of carbonyl (C=O) groups excluding carboxylic acids is 2. The van der Waals surface area contributed by atoms with Crippen LogP contribution in [-0.2, 0) is 17.7 Å². The molecule has 1 aliphatic heterocycles. The average Bonchev–Trinajstić information content (AvgIpc) is 3.59. The normalized spacial score (nSPS) is 17.7. The van der Waals surface area contributed by atoms with Gasteiger partial charge in [0.25, 0.3) is 5.91 Å². The van der Waals surface area contributed by atoms with E-state index in [1.165, 1.54) is 18.3 Å². The number of rotatable bonds is 9. The molecule has 41 heavy (non-hydrogen) atoms. The second-order valence-electron chi connectivity index (χ2n) is 10.4. The molecule has 1 aliphatic carbocycles. The smallest absolute Gasteiger partial charge is 0.271 e. The Kier molecular flexibility index (Phi) is 7.04. The molecule has 0 radical (unpaired) electrons. The summed E-state index contributed by atoms with van der Waals surface area (Å²) in [5.74, 6) is 0.492. The third kappa shape index (κ3) is 4.86. The fourth-order valence-corrected chi connectivity index (χ4v) is 5.60. The molecule has 2 aromatic carbocycles. The molecule has 0 bridgehead atoms. The fraction of sp³-hybridized carbons (Fsp3) is 0.333. The largest absolute Gasteiger partial charge is 0.497 e. The lowest BCUT2D eigenvalue weighted by molar-refractivity contribution is 0.00718. The first-order valence-electron chi connectivity index (χ1n) is 13.5. The monoisotopic (exact) mass is 558 g/mol. The van der Waals surface area contributed by atoms with Crippen molar-refractivity contribution in [2.75, 3.05) is 37.6 Å². The van der Waals surface area contributed by atoms with Crippen molar-refractivity contribution in [2.45, 2.75) is 38.0 Å². The number of benzene rings is 2. The molecule has 2 atom stereocenters. The first-order chi connectivity index (χ1) is 19.9. The average molecular weight is 559 g/mol. The summed E-state index contributed by atoms with van der Waals surface area (Å²) < 4.78 is 26.8. The van der Waals surface area contributed by atoms with E-state index in [1.54, 1.807) is 18.7 Å². The standard InChI is InChI=1S/C30H31FN6O4/c1-35(16-18-4-6-21(40-2)7-5-18)25-14-28(36-11-10-22-19(17-38)12-20(31)13-24(22)36)34-37-26(15-32-29(25)37)30(39)33-23-8-9-27(23)41-3/h4-7,12-15,17,23,27H,8-11,16H2,1-3H3,(H,33,39)/t23-,27-/m1/s1. The molecule has 11 heteroatoms. The Labute approximate surface area is 236 Å². The number of carbonyl (C=O) groups is 2. The van der Waals surface area contributed by atoms with Crippen molar-refractivity contribution in [1.29, 1.82) is 0 Å². The second kappa shape index (κ2) is 10.8. The lowest BCUT2D eigenvalue weighted by atomic mass is 9.89. The van der Waals surface area contributed by atoms with Crippen molar-refractivity contribution in [2.24, 2.45) is 0 Å². The van der Waals surface area contributed by atoms with Gasteiger partial charge in [-0.25, -0.2) is 13.9 Å². The predicted molar refractivity (Wildman–Crippen MR) is 152 cm³/mol. The molecule has 1 amide bonds. The first-order valence-corrected chi connectivity index (χ1v) is 13.5. The minimum atomic E-state index is -0.494. The molecule has 1 saturated carbocycles. The number of hydrogen-bond donors (Lipinski definition) is 1. The van der Waals surface area contributed by atoms with Crippen molar-refractivity contribution in [1.82, 2.24) is 19.9 Å². The van der Waals surface area contributed by atoms with Gasteiger partial charge in [-0.15, -0.1) is 5.10 Å². The van der Waals surface area contributed by atoms with Crippen LogP contribution in [0.25, 0.3) is 5.65 Å². The van der Waals surface area contributed by atoms with Gasteiger partial charge in [-0.1, -0.05) is 12.1 Å². The summed E-state index contributed by atoms with van der Waals surface area (Å²) >= 11 is 0. The molecule has 0 spiro atoms. The summed E-state index contributed by atoms with van der Waals surface area (Å²) in [6.45, 7) is 1.06. The number of aldehydes is 1. The van der Waals surface area contributed by atoms with Gasteiger partial charge in [0.15, 0.2) is 23.4 Å². The van der Waals surface area contributed by atoms with E-state index in [0.29, 0.717) is 48.5 Å². The Hall–Kier alpha value is -4.51. The van der Waals surface area contributed by atoms with Crippen LogP contribution < -0.4 is 19.9 Å². The van der Waals surface area contributed by atoms with Crippen LogP contribution in [-0.4, -0.2) is 66.7 Å². The molecule has 10 nitrogen and oxygen atoms in total. The summed E-state index contributed by atoms with van der Waals surface area (Å²) in [5, 5.41) is 7.87. The molecule has 2 aromatic heterocycles. The number of anilines is 3. The molecule has 2 aliphatic rings. The minimum absolute atomic E-state index is 0.0177. The van der Waals surface area contributed by atoms with E-state index >= 15 is 0 Å². The molecule has 4 aromatic rings. The van der Waals surface area contributed by atoms with Crippen LogP contribution in [0.15, 0.2) is 48.7 Å². The van der Waals surface area contributed by atoms with E-state index in [2.05, 4.69) is 10.3 Å². The molecule has 212 valence electrons. The van der Waals surface area contributed by atoms with Gasteiger partial charge in [0.2, 0.25) is 0 Å². The molecule has 3 heterocycles. The zero-order chi connectivity index (χ0) is 28.7. The van der Waals surface area contributed by atoms with Crippen molar-refractivity contribution >= 4 is 35.0 Å². The second-order valence-corrected chi connectivity index (χ2v) is 10.4. The van der Waals surface area contributed by atoms with Gasteiger partial charge in [-0.2, -0.15) is 0 Å². The van der Waals surface area contributed by atoms with Gasteiger partial charge in [-0.05, 0) is 54.7 Å². The van der Waals surface area contributed by atoms with Gasteiger partial charge in [-0.3, -0.25) is 9.59 Å². The Balaban J connectivity index is 1.42. The lowest BCUT2D eigenvalue weighted by Gasteiger charge is -2.35. The number of hydrogen-bond acceptors (Lipinski definition) is 8. The zero-order valence-corrected chi connectivity index (χ0v) is 23.1. The molecule has 6 rings (SSSR count). The van der Waals surface area contributed by atoms with E-state index < -0.39 is 5.82 Å². The van der Waals surface area contributed by atoms with Crippen molar-refractivity contribution in [3.63, 3.8) is 0 Å². The quantitative estimate of drug-likeness (QED) is 0.309. The summed E-state index contributed by atoms with van der Waals surface area (Å²) in [6, 6.07) is 12.3. The van der Waals surface area contributed by atoms with Crippen molar-refractivity contribution in [3.8, 4) is 5.75 Å². The highest BCUT2D eigenvalue weighted by molar-refractivity contribution is 5.94. The van der Waals surface area contributed by atoms with Crippen molar-refractivity contribution in [3.05, 3.63) is 76.9 Å².